The zero-order chi connectivity index (χ0) is 18.7. The van der Waals surface area contributed by atoms with E-state index in [2.05, 4.69) is 4.99 Å². The number of halogens is 3. The largest absolute Gasteiger partial charge is 0.416 e. The summed E-state index contributed by atoms with van der Waals surface area (Å²) in [6, 6.07) is 10.8. The first-order chi connectivity index (χ1) is 12.3. The molecule has 1 fully saturated rings. The van der Waals surface area contributed by atoms with Crippen molar-refractivity contribution in [1.29, 1.82) is 0 Å². The van der Waals surface area contributed by atoms with E-state index in [0.717, 1.165) is 39.6 Å². The van der Waals surface area contributed by atoms with Crippen LogP contribution in [-0.4, -0.2) is 34.5 Å². The van der Waals surface area contributed by atoms with Crippen LogP contribution in [0.2, 0.25) is 0 Å². The average Bonchev–Trinajstić information content (AvgIpc) is 3.04. The van der Waals surface area contributed by atoms with Crippen LogP contribution in [0.25, 0.3) is 11.1 Å². The number of hydrogen-bond acceptors (Lipinski definition) is 3. The molecule has 1 aliphatic heterocycles. The van der Waals surface area contributed by atoms with Crippen LogP contribution < -0.4 is 0 Å². The molecule has 0 saturated carbocycles. The first-order valence-corrected chi connectivity index (χ1v) is 9.04. The Bertz CT molecular complexity index is 895. The number of hydrogen-bond donors (Lipinski definition) is 1. The van der Waals surface area contributed by atoms with Crippen molar-refractivity contribution in [3.05, 3.63) is 59.2 Å². The second-order valence-electron chi connectivity index (χ2n) is 6.51. The molecule has 1 aliphatic carbocycles. The van der Waals surface area contributed by atoms with Gasteiger partial charge in [0.05, 0.1) is 10.8 Å². The Morgan fingerprint density at radius 2 is 1.88 bits per heavy atom. The van der Waals surface area contributed by atoms with E-state index in [-0.39, 0.29) is 5.25 Å². The molecule has 0 aromatic heterocycles. The number of aliphatic hydroxyl groups is 1. The normalized spacial score (nSPS) is 26.3. The maximum Gasteiger partial charge on any atom is 0.416 e. The summed E-state index contributed by atoms with van der Waals surface area (Å²) in [6.07, 6.45) is -3.71. The summed E-state index contributed by atoms with van der Waals surface area (Å²) in [6.45, 7) is 0. The smallest absolute Gasteiger partial charge is 0.366 e. The Labute approximate surface area is 153 Å². The minimum Gasteiger partial charge on any atom is -0.366 e. The molecular formula is C19H17F3N2OS. The minimum atomic E-state index is -4.35. The Kier molecular flexibility index (Phi) is 3.86. The SMILES string of the molecule is CN=C1SC2Cc3c(-c4ccc(C(F)(F)F)cc4)cccc3C2(O)N1C. The van der Waals surface area contributed by atoms with E-state index in [9.17, 15) is 18.3 Å². The van der Waals surface area contributed by atoms with E-state index in [0.29, 0.717) is 6.42 Å². The van der Waals surface area contributed by atoms with E-state index in [1.54, 1.807) is 11.9 Å². The van der Waals surface area contributed by atoms with Crippen molar-refractivity contribution in [3.63, 3.8) is 0 Å². The molecule has 2 aromatic rings. The van der Waals surface area contributed by atoms with Crippen molar-refractivity contribution in [2.75, 3.05) is 14.1 Å². The molecule has 3 nitrogen and oxygen atoms in total. The third-order valence-electron chi connectivity index (χ3n) is 5.17. The van der Waals surface area contributed by atoms with Gasteiger partial charge in [0.1, 0.15) is 0 Å². The predicted octanol–water partition coefficient (Wildman–Crippen LogP) is 4.11. The van der Waals surface area contributed by atoms with E-state index in [1.165, 1.54) is 23.9 Å². The molecule has 1 saturated heterocycles. The highest BCUT2D eigenvalue weighted by Crippen LogP contribution is 2.53. The topological polar surface area (TPSA) is 35.8 Å². The molecule has 2 atom stereocenters. The number of rotatable bonds is 1. The standard InChI is InChI=1S/C19H17F3N2OS/c1-23-17-24(2)18(25)15-5-3-4-13(14(15)10-16(18)26-17)11-6-8-12(9-7-11)19(20,21)22/h3-9,16,25H,10H2,1-2H3. The number of fused-ring (bicyclic) bond motifs is 3. The number of aliphatic imine (C=N–C) groups is 1. The number of amidine groups is 1. The summed E-state index contributed by atoms with van der Waals surface area (Å²) in [5.41, 5.74) is 1.56. The van der Waals surface area contributed by atoms with Gasteiger partial charge in [0.2, 0.25) is 0 Å². The number of thioether (sulfide) groups is 1. The summed E-state index contributed by atoms with van der Waals surface area (Å²) in [7, 11) is 3.51. The Morgan fingerprint density at radius 3 is 2.50 bits per heavy atom. The van der Waals surface area contributed by atoms with Crippen molar-refractivity contribution >= 4 is 16.9 Å². The number of benzene rings is 2. The predicted molar refractivity (Wildman–Crippen MR) is 97.0 cm³/mol. The second-order valence-corrected chi connectivity index (χ2v) is 7.68. The summed E-state index contributed by atoms with van der Waals surface area (Å²) < 4.78 is 38.4. The highest BCUT2D eigenvalue weighted by Gasteiger charge is 2.56. The second kappa shape index (κ2) is 5.76. The van der Waals surface area contributed by atoms with Gasteiger partial charge in [-0.1, -0.05) is 42.1 Å². The summed E-state index contributed by atoms with van der Waals surface area (Å²) in [5, 5.41) is 12.0. The lowest BCUT2D eigenvalue weighted by Crippen LogP contribution is -2.44. The Morgan fingerprint density at radius 1 is 1.19 bits per heavy atom. The molecule has 2 aliphatic rings. The molecule has 26 heavy (non-hydrogen) atoms. The fourth-order valence-corrected chi connectivity index (χ4v) is 5.19. The van der Waals surface area contributed by atoms with Crippen LogP contribution in [0.15, 0.2) is 47.5 Å². The molecule has 2 unspecified atom stereocenters. The molecule has 2 aromatic carbocycles. The zero-order valence-electron chi connectivity index (χ0n) is 14.2. The van der Waals surface area contributed by atoms with Crippen molar-refractivity contribution in [2.45, 2.75) is 23.6 Å². The minimum absolute atomic E-state index is 0.0863. The highest BCUT2D eigenvalue weighted by molar-refractivity contribution is 8.14. The fourth-order valence-electron chi connectivity index (χ4n) is 3.84. The third kappa shape index (κ3) is 2.37. The van der Waals surface area contributed by atoms with Crippen LogP contribution in [-0.2, 0) is 18.3 Å². The molecular weight excluding hydrogens is 361 g/mol. The molecule has 0 bridgehead atoms. The van der Waals surface area contributed by atoms with Gasteiger partial charge in [-0.2, -0.15) is 13.2 Å². The lowest BCUT2D eigenvalue weighted by atomic mass is 9.94. The zero-order valence-corrected chi connectivity index (χ0v) is 15.0. The van der Waals surface area contributed by atoms with E-state index in [1.807, 2.05) is 25.2 Å². The molecule has 0 radical (unpaired) electrons. The molecule has 1 heterocycles. The lowest BCUT2D eigenvalue weighted by molar-refractivity contribution is -0.137. The first kappa shape index (κ1) is 17.4. The lowest BCUT2D eigenvalue weighted by Gasteiger charge is -2.31. The maximum atomic E-state index is 12.8. The molecule has 1 N–H and O–H groups in total. The van der Waals surface area contributed by atoms with Crippen LogP contribution in [0, 0.1) is 0 Å². The summed E-state index contributed by atoms with van der Waals surface area (Å²) >= 11 is 1.53. The van der Waals surface area contributed by atoms with Gasteiger partial charge in [-0.25, -0.2) is 0 Å². The van der Waals surface area contributed by atoms with Crippen LogP contribution >= 0.6 is 11.8 Å². The third-order valence-corrected chi connectivity index (χ3v) is 6.62. The van der Waals surface area contributed by atoms with Gasteiger partial charge < -0.3 is 10.0 Å². The van der Waals surface area contributed by atoms with Crippen LogP contribution in [0.4, 0.5) is 13.2 Å². The molecule has 4 rings (SSSR count). The van der Waals surface area contributed by atoms with E-state index < -0.39 is 17.5 Å². The van der Waals surface area contributed by atoms with Gasteiger partial charge >= 0.3 is 6.18 Å². The van der Waals surface area contributed by atoms with Crippen LogP contribution in [0.5, 0.6) is 0 Å². The fraction of sp³-hybridized carbons (Fsp3) is 0.316. The summed E-state index contributed by atoms with van der Waals surface area (Å²) in [5.74, 6) is 0. The quantitative estimate of drug-likeness (QED) is 0.811. The Hall–Kier alpha value is -1.99. The highest BCUT2D eigenvalue weighted by atomic mass is 32.2. The maximum absolute atomic E-state index is 12.8. The van der Waals surface area contributed by atoms with Crippen LogP contribution in [0.3, 0.4) is 0 Å². The van der Waals surface area contributed by atoms with Crippen LogP contribution in [0.1, 0.15) is 16.7 Å². The van der Waals surface area contributed by atoms with Gasteiger partial charge in [0.15, 0.2) is 10.9 Å². The van der Waals surface area contributed by atoms with E-state index in [4.69, 9.17) is 0 Å². The molecule has 0 amide bonds. The van der Waals surface area contributed by atoms with Gasteiger partial charge in [-0.15, -0.1) is 0 Å². The number of nitrogens with zero attached hydrogens (tertiary/aromatic N) is 2. The van der Waals surface area contributed by atoms with Gasteiger partial charge in [0, 0.05) is 19.7 Å². The summed E-state index contributed by atoms with van der Waals surface area (Å²) in [4.78, 5) is 6.00. The molecule has 136 valence electrons. The molecule has 0 spiro atoms. The monoisotopic (exact) mass is 378 g/mol. The van der Waals surface area contributed by atoms with Gasteiger partial charge in [-0.05, 0) is 35.2 Å². The number of alkyl halides is 3. The average molecular weight is 378 g/mol. The van der Waals surface area contributed by atoms with Crippen molar-refractivity contribution in [2.24, 2.45) is 4.99 Å². The van der Waals surface area contributed by atoms with Gasteiger partial charge in [-0.3, -0.25) is 4.99 Å². The van der Waals surface area contributed by atoms with Crippen molar-refractivity contribution in [3.8, 4) is 11.1 Å². The first-order valence-electron chi connectivity index (χ1n) is 8.16. The van der Waals surface area contributed by atoms with E-state index >= 15 is 0 Å². The van der Waals surface area contributed by atoms with Crippen molar-refractivity contribution in [1.82, 2.24) is 4.90 Å². The Balaban J connectivity index is 1.79. The van der Waals surface area contributed by atoms with Gasteiger partial charge in [0.25, 0.3) is 0 Å². The van der Waals surface area contributed by atoms with Crippen molar-refractivity contribution < 1.29 is 18.3 Å². The molecule has 7 heteroatoms.